The molecule has 5 nitrogen and oxygen atoms in total. The van der Waals surface area contributed by atoms with Gasteiger partial charge in [-0.3, -0.25) is 9.78 Å². The van der Waals surface area contributed by atoms with Crippen LogP contribution in [-0.4, -0.2) is 31.8 Å². The van der Waals surface area contributed by atoms with E-state index in [1.165, 1.54) is 14.2 Å². The van der Waals surface area contributed by atoms with Crippen molar-refractivity contribution in [2.75, 3.05) is 20.8 Å². The third-order valence-electron chi connectivity index (χ3n) is 1.99. The Kier molecular flexibility index (Phi) is 4.72. The van der Waals surface area contributed by atoms with E-state index >= 15 is 0 Å². The molecule has 1 aromatic heterocycles. The lowest BCUT2D eigenvalue weighted by molar-refractivity contribution is -0.135. The lowest BCUT2D eigenvalue weighted by Crippen LogP contribution is -2.12. The number of pyridine rings is 1. The SMILES string of the molecule is COCCC(=O)Oc1c(OC)ccnc1C. The van der Waals surface area contributed by atoms with Crippen molar-refractivity contribution in [3.8, 4) is 11.5 Å². The molecule has 1 aromatic rings. The number of methoxy groups -OCH3 is 2. The van der Waals surface area contributed by atoms with Gasteiger partial charge in [-0.2, -0.15) is 0 Å². The summed E-state index contributed by atoms with van der Waals surface area (Å²) in [5.41, 5.74) is 0.616. The quantitative estimate of drug-likeness (QED) is 0.708. The van der Waals surface area contributed by atoms with Gasteiger partial charge in [-0.25, -0.2) is 0 Å². The van der Waals surface area contributed by atoms with Gasteiger partial charge < -0.3 is 14.2 Å². The fourth-order valence-corrected chi connectivity index (χ4v) is 1.16. The van der Waals surface area contributed by atoms with Gasteiger partial charge in [-0.15, -0.1) is 0 Å². The van der Waals surface area contributed by atoms with Crippen molar-refractivity contribution in [3.05, 3.63) is 18.0 Å². The number of esters is 1. The van der Waals surface area contributed by atoms with Crippen LogP contribution in [0.15, 0.2) is 12.3 Å². The lowest BCUT2D eigenvalue weighted by Gasteiger charge is -2.10. The maximum Gasteiger partial charge on any atom is 0.313 e. The summed E-state index contributed by atoms with van der Waals surface area (Å²) < 4.78 is 15.0. The Balaban J connectivity index is 2.75. The molecule has 0 saturated heterocycles. The predicted octanol–water partition coefficient (Wildman–Crippen LogP) is 1.34. The van der Waals surface area contributed by atoms with Crippen LogP contribution in [0, 0.1) is 6.92 Å². The van der Waals surface area contributed by atoms with Gasteiger partial charge in [0.2, 0.25) is 0 Å². The first kappa shape index (κ1) is 12.4. The standard InChI is InChI=1S/C11H15NO4/c1-8-11(9(15-3)4-6-12-8)16-10(13)5-7-14-2/h4,6H,5,7H2,1-3H3. The van der Waals surface area contributed by atoms with E-state index in [1.54, 1.807) is 19.2 Å². The largest absolute Gasteiger partial charge is 0.493 e. The van der Waals surface area contributed by atoms with Crippen molar-refractivity contribution in [3.63, 3.8) is 0 Å². The van der Waals surface area contributed by atoms with Crippen molar-refractivity contribution in [1.29, 1.82) is 0 Å². The van der Waals surface area contributed by atoms with Crippen LogP contribution in [0.4, 0.5) is 0 Å². The first-order valence-corrected chi connectivity index (χ1v) is 4.88. The van der Waals surface area contributed by atoms with E-state index < -0.39 is 0 Å². The smallest absolute Gasteiger partial charge is 0.313 e. The van der Waals surface area contributed by atoms with Crippen LogP contribution >= 0.6 is 0 Å². The molecule has 0 radical (unpaired) electrons. The Morgan fingerprint density at radius 2 is 2.19 bits per heavy atom. The molecule has 5 heteroatoms. The van der Waals surface area contributed by atoms with E-state index in [0.717, 1.165) is 0 Å². The van der Waals surface area contributed by atoms with Gasteiger partial charge in [0.05, 0.1) is 25.8 Å². The van der Waals surface area contributed by atoms with Gasteiger partial charge in [-0.1, -0.05) is 0 Å². The third kappa shape index (κ3) is 3.20. The van der Waals surface area contributed by atoms with Gasteiger partial charge in [0.15, 0.2) is 11.5 Å². The number of aromatic nitrogens is 1. The van der Waals surface area contributed by atoms with Gasteiger partial charge >= 0.3 is 5.97 Å². The fraction of sp³-hybridized carbons (Fsp3) is 0.455. The highest BCUT2D eigenvalue weighted by Gasteiger charge is 2.13. The highest BCUT2D eigenvalue weighted by Crippen LogP contribution is 2.28. The summed E-state index contributed by atoms with van der Waals surface area (Å²) in [5.74, 6) is 0.501. The zero-order valence-corrected chi connectivity index (χ0v) is 9.65. The Morgan fingerprint density at radius 3 is 2.81 bits per heavy atom. The van der Waals surface area contributed by atoms with E-state index in [1.807, 2.05) is 0 Å². The molecule has 0 saturated carbocycles. The van der Waals surface area contributed by atoms with E-state index in [0.29, 0.717) is 23.8 Å². The number of ether oxygens (including phenoxy) is 3. The van der Waals surface area contributed by atoms with Gasteiger partial charge in [0, 0.05) is 19.4 Å². The second kappa shape index (κ2) is 6.07. The second-order valence-corrected chi connectivity index (χ2v) is 3.14. The molecule has 0 unspecified atom stereocenters. The van der Waals surface area contributed by atoms with E-state index in [-0.39, 0.29) is 12.4 Å². The number of carbonyl (C=O) groups excluding carboxylic acids is 1. The van der Waals surface area contributed by atoms with E-state index in [4.69, 9.17) is 14.2 Å². The summed E-state index contributed by atoms with van der Waals surface area (Å²) in [6.07, 6.45) is 1.80. The topological polar surface area (TPSA) is 57.7 Å². The number of carbonyl (C=O) groups is 1. The van der Waals surface area contributed by atoms with Crippen LogP contribution < -0.4 is 9.47 Å². The molecule has 0 amide bonds. The molecular formula is C11H15NO4. The van der Waals surface area contributed by atoms with Crippen LogP contribution in [-0.2, 0) is 9.53 Å². The molecule has 0 aliphatic rings. The van der Waals surface area contributed by atoms with Crippen LogP contribution in [0.3, 0.4) is 0 Å². The van der Waals surface area contributed by atoms with Crippen LogP contribution in [0.1, 0.15) is 12.1 Å². The van der Waals surface area contributed by atoms with Crippen molar-refractivity contribution >= 4 is 5.97 Å². The number of aryl methyl sites for hydroxylation is 1. The highest BCUT2D eigenvalue weighted by molar-refractivity contribution is 5.73. The number of hydrogen-bond acceptors (Lipinski definition) is 5. The van der Waals surface area contributed by atoms with Gasteiger partial charge in [0.25, 0.3) is 0 Å². The molecule has 0 aliphatic carbocycles. The van der Waals surface area contributed by atoms with Gasteiger partial charge in [-0.05, 0) is 6.92 Å². The van der Waals surface area contributed by atoms with Crippen LogP contribution in [0.25, 0.3) is 0 Å². The lowest BCUT2D eigenvalue weighted by atomic mass is 10.3. The fourth-order valence-electron chi connectivity index (χ4n) is 1.16. The first-order chi connectivity index (χ1) is 7.69. The van der Waals surface area contributed by atoms with E-state index in [9.17, 15) is 4.79 Å². The van der Waals surface area contributed by atoms with Crippen molar-refractivity contribution in [2.45, 2.75) is 13.3 Å². The molecule has 0 aromatic carbocycles. The molecule has 0 atom stereocenters. The molecule has 88 valence electrons. The average Bonchev–Trinajstić information content (AvgIpc) is 2.29. The molecule has 0 spiro atoms. The minimum absolute atomic E-state index is 0.202. The predicted molar refractivity (Wildman–Crippen MR) is 57.7 cm³/mol. The maximum atomic E-state index is 11.4. The molecule has 0 N–H and O–H groups in total. The Labute approximate surface area is 94.3 Å². The summed E-state index contributed by atoms with van der Waals surface area (Å²) >= 11 is 0. The summed E-state index contributed by atoms with van der Waals surface area (Å²) in [6, 6.07) is 1.64. The second-order valence-electron chi connectivity index (χ2n) is 3.14. The molecule has 0 fully saturated rings. The Morgan fingerprint density at radius 1 is 1.44 bits per heavy atom. The zero-order chi connectivity index (χ0) is 12.0. The Hall–Kier alpha value is -1.62. The molecule has 16 heavy (non-hydrogen) atoms. The van der Waals surface area contributed by atoms with E-state index in [2.05, 4.69) is 4.98 Å². The van der Waals surface area contributed by atoms with Crippen LogP contribution in [0.2, 0.25) is 0 Å². The first-order valence-electron chi connectivity index (χ1n) is 4.88. The number of hydrogen-bond donors (Lipinski definition) is 0. The summed E-state index contributed by atoms with van der Waals surface area (Å²) in [7, 11) is 3.05. The number of nitrogens with zero attached hydrogens (tertiary/aromatic N) is 1. The third-order valence-corrected chi connectivity index (χ3v) is 1.99. The minimum Gasteiger partial charge on any atom is -0.493 e. The molecule has 0 aliphatic heterocycles. The van der Waals surface area contributed by atoms with Crippen molar-refractivity contribution in [1.82, 2.24) is 4.98 Å². The maximum absolute atomic E-state index is 11.4. The monoisotopic (exact) mass is 225 g/mol. The van der Waals surface area contributed by atoms with Crippen LogP contribution in [0.5, 0.6) is 11.5 Å². The Bertz CT molecular complexity index is 365. The molecule has 1 heterocycles. The minimum atomic E-state index is -0.365. The molecule has 0 bridgehead atoms. The summed E-state index contributed by atoms with van der Waals surface area (Å²) in [6.45, 7) is 2.09. The average molecular weight is 225 g/mol. The van der Waals surface area contributed by atoms with Gasteiger partial charge in [0.1, 0.15) is 0 Å². The molecule has 1 rings (SSSR count). The highest BCUT2D eigenvalue weighted by atomic mass is 16.6. The molecular weight excluding hydrogens is 210 g/mol. The number of rotatable bonds is 5. The van der Waals surface area contributed by atoms with Crippen molar-refractivity contribution in [2.24, 2.45) is 0 Å². The normalized spacial score (nSPS) is 9.94. The zero-order valence-electron chi connectivity index (χ0n) is 9.65. The summed E-state index contributed by atoms with van der Waals surface area (Å²) in [4.78, 5) is 15.4. The van der Waals surface area contributed by atoms with Crippen molar-refractivity contribution < 1.29 is 19.0 Å². The summed E-state index contributed by atoms with van der Waals surface area (Å²) in [5, 5.41) is 0.